The van der Waals surface area contributed by atoms with E-state index in [0.717, 1.165) is 4.70 Å². The van der Waals surface area contributed by atoms with Crippen LogP contribution in [-0.4, -0.2) is 4.92 Å². The van der Waals surface area contributed by atoms with Crippen molar-refractivity contribution in [3.05, 3.63) is 50.0 Å². The van der Waals surface area contributed by atoms with Gasteiger partial charge in [-0.05, 0) is 12.1 Å². The van der Waals surface area contributed by atoms with Gasteiger partial charge in [0.05, 0.1) is 10.3 Å². The summed E-state index contributed by atoms with van der Waals surface area (Å²) in [6.45, 7) is 0. The van der Waals surface area contributed by atoms with Crippen LogP contribution in [0.15, 0.2) is 34.4 Å². The smallest absolute Gasteiger partial charge is 0.281 e. The number of nitrogens with zero attached hydrogens (tertiary/aromatic N) is 1. The molecule has 1 aromatic carbocycles. The van der Waals surface area contributed by atoms with Crippen molar-refractivity contribution < 1.29 is 4.92 Å². The van der Waals surface area contributed by atoms with E-state index in [4.69, 9.17) is 0 Å². The normalized spacial score (nSPS) is 10.3. The molecule has 1 heterocycles. The minimum atomic E-state index is -0.648. The Hall–Kier alpha value is -1.75. The standard InChI is InChI=1S/C9H5NO3S/c11-9-6-3-1-2-4-8(6)14-5-7(9)10(12)13/h1-5H. The molecule has 1 aromatic heterocycles. The fraction of sp³-hybridized carbons (Fsp3) is 0. The minimum Gasteiger partial charge on any atom is -0.281 e. The first-order valence-electron chi connectivity index (χ1n) is 3.85. The van der Waals surface area contributed by atoms with Crippen LogP contribution in [0.4, 0.5) is 5.69 Å². The molecule has 0 saturated heterocycles. The lowest BCUT2D eigenvalue weighted by molar-refractivity contribution is -0.385. The van der Waals surface area contributed by atoms with Crippen molar-refractivity contribution >= 4 is 27.1 Å². The van der Waals surface area contributed by atoms with Gasteiger partial charge in [-0.2, -0.15) is 0 Å². The Morgan fingerprint density at radius 1 is 1.29 bits per heavy atom. The number of fused-ring (bicyclic) bond motifs is 1. The molecule has 2 aromatic rings. The van der Waals surface area contributed by atoms with E-state index >= 15 is 0 Å². The van der Waals surface area contributed by atoms with Gasteiger partial charge in [-0.25, -0.2) is 0 Å². The van der Waals surface area contributed by atoms with Gasteiger partial charge in [-0.15, -0.1) is 11.3 Å². The molecule has 0 fully saturated rings. The molecular weight excluding hydrogens is 202 g/mol. The van der Waals surface area contributed by atoms with E-state index in [1.807, 2.05) is 0 Å². The van der Waals surface area contributed by atoms with E-state index in [2.05, 4.69) is 0 Å². The summed E-state index contributed by atoms with van der Waals surface area (Å²) in [6, 6.07) is 6.86. The second-order valence-corrected chi connectivity index (χ2v) is 3.61. The number of hydrogen-bond acceptors (Lipinski definition) is 4. The highest BCUT2D eigenvalue weighted by molar-refractivity contribution is 7.16. The Kier molecular flexibility index (Phi) is 2.01. The summed E-state index contributed by atoms with van der Waals surface area (Å²) < 4.78 is 0.767. The van der Waals surface area contributed by atoms with Crippen LogP contribution in [0, 0.1) is 10.1 Å². The summed E-state index contributed by atoms with van der Waals surface area (Å²) in [7, 11) is 0. The van der Waals surface area contributed by atoms with Gasteiger partial charge in [0.25, 0.3) is 5.43 Å². The molecule has 0 saturated carbocycles. The summed E-state index contributed by atoms with van der Waals surface area (Å²) in [5.74, 6) is 0. The maximum absolute atomic E-state index is 11.5. The molecule has 0 atom stereocenters. The van der Waals surface area contributed by atoms with Crippen molar-refractivity contribution in [3.8, 4) is 0 Å². The Labute approximate surface area is 82.6 Å². The maximum Gasteiger partial charge on any atom is 0.326 e. The molecule has 4 nitrogen and oxygen atoms in total. The number of nitro groups is 1. The maximum atomic E-state index is 11.5. The largest absolute Gasteiger partial charge is 0.326 e. The molecule has 70 valence electrons. The molecule has 0 aliphatic heterocycles. The van der Waals surface area contributed by atoms with Gasteiger partial charge in [-0.1, -0.05) is 12.1 Å². The first-order chi connectivity index (χ1) is 6.70. The van der Waals surface area contributed by atoms with Crippen LogP contribution in [0.5, 0.6) is 0 Å². The highest BCUT2D eigenvalue weighted by atomic mass is 32.1. The third-order valence-corrected chi connectivity index (χ3v) is 2.81. The predicted molar refractivity (Wildman–Crippen MR) is 54.7 cm³/mol. The predicted octanol–water partition coefficient (Wildman–Crippen LogP) is 2.17. The van der Waals surface area contributed by atoms with E-state index in [9.17, 15) is 14.9 Å². The molecule has 2 rings (SSSR count). The number of hydrogen-bond donors (Lipinski definition) is 0. The zero-order valence-electron chi connectivity index (χ0n) is 6.97. The highest BCUT2D eigenvalue weighted by Gasteiger charge is 2.13. The Morgan fingerprint density at radius 3 is 2.71 bits per heavy atom. The number of benzene rings is 1. The summed E-state index contributed by atoms with van der Waals surface area (Å²) >= 11 is 1.20. The van der Waals surface area contributed by atoms with Gasteiger partial charge in [0, 0.05) is 10.1 Å². The highest BCUT2D eigenvalue weighted by Crippen LogP contribution is 2.19. The first kappa shape index (κ1) is 8.83. The van der Waals surface area contributed by atoms with Crippen molar-refractivity contribution in [2.75, 3.05) is 0 Å². The van der Waals surface area contributed by atoms with Crippen LogP contribution in [0.3, 0.4) is 0 Å². The van der Waals surface area contributed by atoms with Gasteiger partial charge < -0.3 is 0 Å². The molecule has 0 amide bonds. The summed E-state index contributed by atoms with van der Waals surface area (Å²) in [6.07, 6.45) is 0. The fourth-order valence-corrected chi connectivity index (χ4v) is 2.07. The zero-order valence-corrected chi connectivity index (χ0v) is 7.78. The molecule has 0 spiro atoms. The Morgan fingerprint density at radius 2 is 2.00 bits per heavy atom. The monoisotopic (exact) mass is 207 g/mol. The van der Waals surface area contributed by atoms with Crippen LogP contribution < -0.4 is 5.43 Å². The van der Waals surface area contributed by atoms with Crippen molar-refractivity contribution in [3.63, 3.8) is 0 Å². The molecule has 0 bridgehead atoms. The Bertz CT molecular complexity index is 561. The van der Waals surface area contributed by atoms with Gasteiger partial charge in [0.15, 0.2) is 0 Å². The van der Waals surface area contributed by atoms with Crippen molar-refractivity contribution in [2.45, 2.75) is 0 Å². The lowest BCUT2D eigenvalue weighted by Crippen LogP contribution is -2.06. The molecule has 5 heteroatoms. The molecule has 0 aliphatic carbocycles. The van der Waals surface area contributed by atoms with Crippen LogP contribution in [0.2, 0.25) is 0 Å². The number of rotatable bonds is 1. The van der Waals surface area contributed by atoms with E-state index in [-0.39, 0.29) is 5.69 Å². The van der Waals surface area contributed by atoms with Crippen LogP contribution in [-0.2, 0) is 0 Å². The second-order valence-electron chi connectivity index (χ2n) is 2.70. The van der Waals surface area contributed by atoms with E-state index in [1.54, 1.807) is 24.3 Å². The lowest BCUT2D eigenvalue weighted by Gasteiger charge is -1.94. The molecule has 0 aliphatic rings. The third kappa shape index (κ3) is 1.27. The van der Waals surface area contributed by atoms with Crippen molar-refractivity contribution in [1.29, 1.82) is 0 Å². The minimum absolute atomic E-state index is 0.353. The lowest BCUT2D eigenvalue weighted by atomic mass is 10.2. The first-order valence-corrected chi connectivity index (χ1v) is 4.73. The topological polar surface area (TPSA) is 60.2 Å². The van der Waals surface area contributed by atoms with Crippen LogP contribution >= 0.6 is 11.3 Å². The summed E-state index contributed by atoms with van der Waals surface area (Å²) in [4.78, 5) is 21.4. The van der Waals surface area contributed by atoms with Gasteiger partial charge in [-0.3, -0.25) is 14.9 Å². The third-order valence-electron chi connectivity index (χ3n) is 1.86. The molecule has 0 radical (unpaired) electrons. The second kappa shape index (κ2) is 3.19. The Balaban J connectivity index is 2.89. The van der Waals surface area contributed by atoms with Gasteiger partial charge in [0.2, 0.25) is 0 Å². The van der Waals surface area contributed by atoms with E-state index in [0.29, 0.717) is 5.39 Å². The van der Waals surface area contributed by atoms with Crippen LogP contribution in [0.1, 0.15) is 0 Å². The molecule has 14 heavy (non-hydrogen) atoms. The van der Waals surface area contributed by atoms with Crippen molar-refractivity contribution in [2.24, 2.45) is 0 Å². The van der Waals surface area contributed by atoms with E-state index < -0.39 is 10.4 Å². The SMILES string of the molecule is O=c1c([N+](=O)[O-])csc2ccccc12. The van der Waals surface area contributed by atoms with Gasteiger partial charge in [0.1, 0.15) is 0 Å². The van der Waals surface area contributed by atoms with E-state index in [1.165, 1.54) is 16.7 Å². The average molecular weight is 207 g/mol. The molecule has 0 unspecified atom stereocenters. The molecule has 0 N–H and O–H groups in total. The summed E-state index contributed by atoms with van der Waals surface area (Å²) in [5, 5.41) is 12.2. The fourth-order valence-electron chi connectivity index (χ4n) is 1.19. The average Bonchev–Trinajstić information content (AvgIpc) is 2.18. The van der Waals surface area contributed by atoms with Gasteiger partial charge >= 0.3 is 5.69 Å². The zero-order chi connectivity index (χ0) is 10.1. The molecular formula is C9H5NO3S. The van der Waals surface area contributed by atoms with Crippen LogP contribution in [0.25, 0.3) is 10.1 Å². The summed E-state index contributed by atoms with van der Waals surface area (Å²) in [5.41, 5.74) is -0.863. The quantitative estimate of drug-likeness (QED) is 0.531. The van der Waals surface area contributed by atoms with Crippen molar-refractivity contribution in [1.82, 2.24) is 0 Å².